The van der Waals surface area contributed by atoms with E-state index < -0.39 is 6.10 Å². The first kappa shape index (κ1) is 75.1. The van der Waals surface area contributed by atoms with Crippen LogP contribution >= 0.6 is 0 Å². The molecule has 0 aliphatic rings. The number of allylic oxidation sites excluding steroid dienone is 14. The second-order valence-corrected chi connectivity index (χ2v) is 22.9. The van der Waals surface area contributed by atoms with Crippen LogP contribution in [0.2, 0.25) is 0 Å². The van der Waals surface area contributed by atoms with E-state index in [1.54, 1.807) is 0 Å². The summed E-state index contributed by atoms with van der Waals surface area (Å²) in [6.45, 7) is 4.06. The molecule has 5 nitrogen and oxygen atoms in total. The molecule has 452 valence electrons. The van der Waals surface area contributed by atoms with Crippen molar-refractivity contribution in [3.8, 4) is 0 Å². The first-order chi connectivity index (χ1) is 38.6. The van der Waals surface area contributed by atoms with Crippen LogP contribution in [0.5, 0.6) is 0 Å². The third-order valence-electron chi connectivity index (χ3n) is 15.2. The van der Waals surface area contributed by atoms with Crippen molar-refractivity contribution in [2.45, 2.75) is 354 Å². The number of carbonyl (C=O) groups is 2. The maximum Gasteiger partial charge on any atom is 0.306 e. The number of carbonyl (C=O) groups excluding carboxylic acids is 2. The normalized spacial score (nSPS) is 12.7. The summed E-state index contributed by atoms with van der Waals surface area (Å²) in [6.07, 6.45) is 96.1. The summed E-state index contributed by atoms with van der Waals surface area (Å²) in [7, 11) is 0. The monoisotopic (exact) mass is 1090 g/mol. The summed E-state index contributed by atoms with van der Waals surface area (Å²) in [4.78, 5) is 24.6. The van der Waals surface area contributed by atoms with Gasteiger partial charge in [-0.1, -0.05) is 330 Å². The van der Waals surface area contributed by atoms with Crippen molar-refractivity contribution >= 4 is 11.9 Å². The molecule has 0 spiro atoms. The largest absolute Gasteiger partial charge is 0.462 e. The van der Waals surface area contributed by atoms with Gasteiger partial charge in [0.2, 0.25) is 0 Å². The Morgan fingerprint density at radius 2 is 0.551 bits per heavy atom. The Balaban J connectivity index is 3.43. The van der Waals surface area contributed by atoms with E-state index in [0.717, 1.165) is 77.0 Å². The highest BCUT2D eigenvalue weighted by atomic mass is 16.6. The third-order valence-corrected chi connectivity index (χ3v) is 15.2. The van der Waals surface area contributed by atoms with Crippen LogP contribution in [0, 0.1) is 0 Å². The standard InChI is InChI=1S/C73H130O5/c1-3-5-7-9-11-13-15-17-19-21-23-25-27-29-31-33-35-36-38-40-42-44-46-48-50-52-54-56-58-60-62-64-66-68-73(76)78-71(69-74)70-77-72(75)67-65-63-61-59-57-55-53-51-49-47-45-43-41-39-37-34-32-30-28-26-24-22-20-18-16-14-12-10-8-6-4-2/h5,7,11,13,16-19,22-25,28,30,71,74H,3-4,6,8-10,12,14-15,20-21,26-27,29,31-70H2,1-2H3/b7-5-,13-11-,18-16-,19-17-,24-22-,25-23-,30-28-. The van der Waals surface area contributed by atoms with Gasteiger partial charge in [-0.2, -0.15) is 0 Å². The Labute approximate surface area is 486 Å². The maximum absolute atomic E-state index is 12.4. The molecule has 0 amide bonds. The van der Waals surface area contributed by atoms with Crippen molar-refractivity contribution in [3.63, 3.8) is 0 Å². The summed E-state index contributed by atoms with van der Waals surface area (Å²) in [5.74, 6) is -0.575. The SMILES string of the molecule is CC/C=C\C/C=C\C/C=C\C/C=C\CCCCCCCCCCCCCCCCCCCCCCC(=O)OC(CO)COC(=O)CCCCCCCCCCCCCCCCCC/C=C\C/C=C\C/C=C\CCCCCCC. The molecule has 0 rings (SSSR count). The van der Waals surface area contributed by atoms with Crippen LogP contribution < -0.4 is 0 Å². The number of ether oxygens (including phenoxy) is 2. The fraction of sp³-hybridized carbons (Fsp3) is 0.781. The minimum Gasteiger partial charge on any atom is -0.462 e. The van der Waals surface area contributed by atoms with Crippen molar-refractivity contribution in [2.75, 3.05) is 13.2 Å². The number of hydrogen-bond acceptors (Lipinski definition) is 5. The lowest BCUT2D eigenvalue weighted by Crippen LogP contribution is -2.28. The molecule has 0 heterocycles. The Morgan fingerprint density at radius 3 is 0.833 bits per heavy atom. The lowest BCUT2D eigenvalue weighted by Gasteiger charge is -2.15. The zero-order valence-corrected chi connectivity index (χ0v) is 51.9. The van der Waals surface area contributed by atoms with Gasteiger partial charge in [0.05, 0.1) is 6.61 Å². The van der Waals surface area contributed by atoms with Gasteiger partial charge in [-0.15, -0.1) is 0 Å². The topological polar surface area (TPSA) is 72.8 Å². The van der Waals surface area contributed by atoms with Crippen molar-refractivity contribution in [3.05, 3.63) is 85.1 Å². The van der Waals surface area contributed by atoms with E-state index in [2.05, 4.69) is 98.9 Å². The predicted octanol–water partition coefficient (Wildman–Crippen LogP) is 23.7. The first-order valence-electron chi connectivity index (χ1n) is 34.1. The van der Waals surface area contributed by atoms with Gasteiger partial charge in [0.1, 0.15) is 6.61 Å². The van der Waals surface area contributed by atoms with Gasteiger partial charge >= 0.3 is 11.9 Å². The number of esters is 2. The Hall–Kier alpha value is -2.92. The highest BCUT2D eigenvalue weighted by Gasteiger charge is 2.16. The summed E-state index contributed by atoms with van der Waals surface area (Å²) < 4.78 is 10.8. The minimum atomic E-state index is -0.774. The van der Waals surface area contributed by atoms with Crippen molar-refractivity contribution in [1.82, 2.24) is 0 Å². The van der Waals surface area contributed by atoms with Gasteiger partial charge in [-0.3, -0.25) is 9.59 Å². The van der Waals surface area contributed by atoms with E-state index >= 15 is 0 Å². The van der Waals surface area contributed by atoms with Crippen LogP contribution in [0.1, 0.15) is 348 Å². The van der Waals surface area contributed by atoms with Gasteiger partial charge in [-0.05, 0) is 89.9 Å². The van der Waals surface area contributed by atoms with Crippen molar-refractivity contribution in [2.24, 2.45) is 0 Å². The molecular formula is C73H130O5. The molecule has 0 saturated heterocycles. The van der Waals surface area contributed by atoms with Crippen LogP contribution in [0.25, 0.3) is 0 Å². The van der Waals surface area contributed by atoms with Crippen molar-refractivity contribution < 1.29 is 24.2 Å². The number of unbranched alkanes of at least 4 members (excludes halogenated alkanes) is 41. The van der Waals surface area contributed by atoms with Crippen LogP contribution in [-0.2, 0) is 19.1 Å². The molecule has 0 aliphatic heterocycles. The molecule has 0 aliphatic carbocycles. The van der Waals surface area contributed by atoms with E-state index in [1.807, 2.05) is 0 Å². The summed E-state index contributed by atoms with van der Waals surface area (Å²) in [5.41, 5.74) is 0. The predicted molar refractivity (Wildman–Crippen MR) is 343 cm³/mol. The van der Waals surface area contributed by atoms with E-state index in [4.69, 9.17) is 9.47 Å². The van der Waals surface area contributed by atoms with Crippen LogP contribution in [0.4, 0.5) is 0 Å². The molecule has 0 saturated carbocycles. The zero-order chi connectivity index (χ0) is 56.2. The van der Waals surface area contributed by atoms with E-state index in [9.17, 15) is 14.7 Å². The van der Waals surface area contributed by atoms with Crippen LogP contribution in [0.3, 0.4) is 0 Å². The molecule has 0 aromatic carbocycles. The number of aliphatic hydroxyl groups excluding tert-OH is 1. The smallest absolute Gasteiger partial charge is 0.306 e. The molecule has 0 radical (unpaired) electrons. The molecule has 0 bridgehead atoms. The Bertz CT molecular complexity index is 1420. The first-order valence-corrected chi connectivity index (χ1v) is 34.1. The van der Waals surface area contributed by atoms with Crippen LogP contribution in [0.15, 0.2) is 85.1 Å². The lowest BCUT2D eigenvalue weighted by atomic mass is 10.0. The molecule has 0 fully saturated rings. The van der Waals surface area contributed by atoms with E-state index in [1.165, 1.54) is 244 Å². The highest BCUT2D eigenvalue weighted by Crippen LogP contribution is 2.18. The highest BCUT2D eigenvalue weighted by molar-refractivity contribution is 5.70. The van der Waals surface area contributed by atoms with Gasteiger partial charge in [-0.25, -0.2) is 0 Å². The van der Waals surface area contributed by atoms with Gasteiger partial charge in [0.15, 0.2) is 6.10 Å². The number of aliphatic hydroxyl groups is 1. The van der Waals surface area contributed by atoms with Crippen LogP contribution in [-0.4, -0.2) is 36.4 Å². The molecule has 0 aromatic rings. The quantitative estimate of drug-likeness (QED) is 0.0373. The van der Waals surface area contributed by atoms with E-state index in [0.29, 0.717) is 12.8 Å². The summed E-state index contributed by atoms with van der Waals surface area (Å²) in [6, 6.07) is 0. The van der Waals surface area contributed by atoms with Gasteiger partial charge in [0.25, 0.3) is 0 Å². The molecule has 1 unspecified atom stereocenters. The molecule has 1 N–H and O–H groups in total. The molecule has 0 aromatic heterocycles. The average Bonchev–Trinajstić information content (AvgIpc) is 3.44. The fourth-order valence-corrected chi connectivity index (χ4v) is 10.1. The Kier molecular flexibility index (Phi) is 65.8. The lowest BCUT2D eigenvalue weighted by molar-refractivity contribution is -0.161. The number of rotatable bonds is 63. The summed E-state index contributed by atoms with van der Waals surface area (Å²) >= 11 is 0. The number of hydrogen-bond donors (Lipinski definition) is 1. The minimum absolute atomic E-state index is 0.0640. The second-order valence-electron chi connectivity index (χ2n) is 22.9. The third kappa shape index (κ3) is 65.6. The van der Waals surface area contributed by atoms with E-state index in [-0.39, 0.29) is 25.2 Å². The molecule has 78 heavy (non-hydrogen) atoms. The fourth-order valence-electron chi connectivity index (χ4n) is 10.1. The van der Waals surface area contributed by atoms with Crippen molar-refractivity contribution in [1.29, 1.82) is 0 Å². The Morgan fingerprint density at radius 1 is 0.308 bits per heavy atom. The summed E-state index contributed by atoms with van der Waals surface area (Å²) in [5, 5.41) is 9.70. The second kappa shape index (κ2) is 68.4. The molecule has 5 heteroatoms. The van der Waals surface area contributed by atoms with Gasteiger partial charge in [0, 0.05) is 12.8 Å². The van der Waals surface area contributed by atoms with Gasteiger partial charge < -0.3 is 14.6 Å². The molecule has 1 atom stereocenters. The zero-order valence-electron chi connectivity index (χ0n) is 51.9. The average molecular weight is 1090 g/mol. The maximum atomic E-state index is 12.4. The molecular weight excluding hydrogens is 957 g/mol.